The molecule has 2 N–H and O–H groups in total. The van der Waals surface area contributed by atoms with Crippen LogP contribution >= 0.6 is 11.3 Å². The van der Waals surface area contributed by atoms with E-state index < -0.39 is 0 Å². The Balaban J connectivity index is 1.61. The van der Waals surface area contributed by atoms with Gasteiger partial charge in [-0.25, -0.2) is 0 Å². The molecule has 1 aromatic rings. The normalized spacial score (nSPS) is 23.9. The summed E-state index contributed by atoms with van der Waals surface area (Å²) in [6, 6.07) is 4.30. The van der Waals surface area contributed by atoms with E-state index >= 15 is 0 Å². The summed E-state index contributed by atoms with van der Waals surface area (Å²) in [7, 11) is 1.83. The Morgan fingerprint density at radius 2 is 2.12 bits per heavy atom. The van der Waals surface area contributed by atoms with Gasteiger partial charge in [0.15, 0.2) is 5.96 Å². The monoisotopic (exact) mass is 352 g/mol. The summed E-state index contributed by atoms with van der Waals surface area (Å²) < 4.78 is 5.78. The van der Waals surface area contributed by atoms with Crippen LogP contribution in [-0.4, -0.2) is 62.8 Å². The molecular formula is C18H32N4OS. The van der Waals surface area contributed by atoms with Gasteiger partial charge in [-0.1, -0.05) is 13.0 Å². The van der Waals surface area contributed by atoms with E-state index in [9.17, 15) is 0 Å². The van der Waals surface area contributed by atoms with Crippen molar-refractivity contribution >= 4 is 17.3 Å². The predicted octanol–water partition coefficient (Wildman–Crippen LogP) is 2.52. The van der Waals surface area contributed by atoms with Gasteiger partial charge >= 0.3 is 0 Å². The molecule has 1 aromatic heterocycles. The molecule has 1 fully saturated rings. The Bertz CT molecular complexity index is 481. The maximum Gasteiger partial charge on any atom is 0.190 e. The molecule has 2 rings (SSSR count). The molecule has 0 saturated carbocycles. The first kappa shape index (κ1) is 19.2. The smallest absolute Gasteiger partial charge is 0.190 e. The van der Waals surface area contributed by atoms with Crippen molar-refractivity contribution in [1.29, 1.82) is 0 Å². The van der Waals surface area contributed by atoms with Crippen molar-refractivity contribution < 1.29 is 4.74 Å². The molecule has 3 unspecified atom stereocenters. The summed E-state index contributed by atoms with van der Waals surface area (Å²) in [6.07, 6.45) is 1.80. The highest BCUT2D eigenvalue weighted by Crippen LogP contribution is 2.19. The Labute approximate surface area is 150 Å². The van der Waals surface area contributed by atoms with Crippen molar-refractivity contribution in [2.24, 2.45) is 4.99 Å². The minimum absolute atomic E-state index is 0.342. The summed E-state index contributed by atoms with van der Waals surface area (Å²) in [6.45, 7) is 11.6. The van der Waals surface area contributed by atoms with Crippen LogP contribution in [0.25, 0.3) is 0 Å². The molecule has 0 spiro atoms. The van der Waals surface area contributed by atoms with Crippen LogP contribution in [0.1, 0.15) is 38.0 Å². The third-order valence-corrected chi connectivity index (χ3v) is 5.37. The lowest BCUT2D eigenvalue weighted by Gasteiger charge is -2.35. The topological polar surface area (TPSA) is 48.9 Å². The van der Waals surface area contributed by atoms with Crippen LogP contribution in [0.4, 0.5) is 0 Å². The number of morpholine rings is 1. The van der Waals surface area contributed by atoms with Crippen LogP contribution < -0.4 is 10.6 Å². The van der Waals surface area contributed by atoms with Gasteiger partial charge in [0, 0.05) is 50.6 Å². The van der Waals surface area contributed by atoms with Crippen molar-refractivity contribution in [2.75, 3.05) is 39.8 Å². The Kier molecular flexibility index (Phi) is 8.02. The van der Waals surface area contributed by atoms with Gasteiger partial charge in [-0.2, -0.15) is 0 Å². The van der Waals surface area contributed by atoms with E-state index in [2.05, 4.69) is 58.8 Å². The summed E-state index contributed by atoms with van der Waals surface area (Å²) in [4.78, 5) is 8.22. The number of guanidine groups is 1. The first-order valence-electron chi connectivity index (χ1n) is 8.94. The molecule has 1 aliphatic rings. The fourth-order valence-electron chi connectivity index (χ4n) is 3.12. The van der Waals surface area contributed by atoms with Gasteiger partial charge < -0.3 is 15.4 Å². The second kappa shape index (κ2) is 10.0. The van der Waals surface area contributed by atoms with E-state index in [0.717, 1.165) is 45.1 Å². The molecule has 0 aromatic carbocycles. The second-order valence-electron chi connectivity index (χ2n) is 6.67. The predicted molar refractivity (Wildman–Crippen MR) is 103 cm³/mol. The minimum Gasteiger partial charge on any atom is -0.373 e. The molecule has 2 heterocycles. The lowest BCUT2D eigenvalue weighted by molar-refractivity contribution is -0.0679. The third kappa shape index (κ3) is 6.42. The highest BCUT2D eigenvalue weighted by molar-refractivity contribution is 7.10. The average molecular weight is 353 g/mol. The van der Waals surface area contributed by atoms with E-state index in [0.29, 0.717) is 18.1 Å². The van der Waals surface area contributed by atoms with Crippen LogP contribution in [-0.2, 0) is 4.74 Å². The van der Waals surface area contributed by atoms with Gasteiger partial charge in [0.25, 0.3) is 0 Å². The van der Waals surface area contributed by atoms with Crippen LogP contribution in [0.15, 0.2) is 22.5 Å². The Morgan fingerprint density at radius 1 is 1.38 bits per heavy atom. The zero-order valence-electron chi connectivity index (χ0n) is 15.4. The SMILES string of the molecule is CN=C(NCCCN1CC(C)OC(C)C1)NCC(C)c1cccs1. The lowest BCUT2D eigenvalue weighted by atomic mass is 10.1. The van der Waals surface area contributed by atoms with Gasteiger partial charge in [0.05, 0.1) is 12.2 Å². The molecular weight excluding hydrogens is 320 g/mol. The van der Waals surface area contributed by atoms with E-state index in [1.165, 1.54) is 4.88 Å². The van der Waals surface area contributed by atoms with E-state index in [1.54, 1.807) is 0 Å². The molecule has 136 valence electrons. The van der Waals surface area contributed by atoms with Crippen LogP contribution in [0.3, 0.4) is 0 Å². The van der Waals surface area contributed by atoms with Gasteiger partial charge in [0.1, 0.15) is 0 Å². The van der Waals surface area contributed by atoms with Gasteiger partial charge in [-0.15, -0.1) is 11.3 Å². The molecule has 0 aliphatic carbocycles. The first-order valence-corrected chi connectivity index (χ1v) is 9.82. The lowest BCUT2D eigenvalue weighted by Crippen LogP contribution is -2.46. The largest absolute Gasteiger partial charge is 0.373 e. The first-order chi connectivity index (χ1) is 11.6. The number of ether oxygens (including phenoxy) is 1. The van der Waals surface area contributed by atoms with Crippen molar-refractivity contribution in [3.8, 4) is 0 Å². The average Bonchev–Trinajstić information content (AvgIpc) is 3.07. The van der Waals surface area contributed by atoms with Crippen LogP contribution in [0.5, 0.6) is 0 Å². The van der Waals surface area contributed by atoms with Crippen molar-refractivity contribution in [1.82, 2.24) is 15.5 Å². The summed E-state index contributed by atoms with van der Waals surface area (Å²) >= 11 is 1.81. The number of rotatable bonds is 7. The molecule has 0 radical (unpaired) electrons. The highest BCUT2D eigenvalue weighted by atomic mass is 32.1. The quantitative estimate of drug-likeness (QED) is 0.450. The highest BCUT2D eigenvalue weighted by Gasteiger charge is 2.21. The van der Waals surface area contributed by atoms with Gasteiger partial charge in [-0.3, -0.25) is 9.89 Å². The summed E-state index contributed by atoms with van der Waals surface area (Å²) in [5.74, 6) is 1.39. The molecule has 5 nitrogen and oxygen atoms in total. The molecule has 3 atom stereocenters. The van der Waals surface area contributed by atoms with E-state index in [-0.39, 0.29) is 0 Å². The number of thiophene rings is 1. The number of hydrogen-bond donors (Lipinski definition) is 2. The molecule has 6 heteroatoms. The number of nitrogens with one attached hydrogen (secondary N) is 2. The Hall–Kier alpha value is -1.11. The minimum atomic E-state index is 0.342. The second-order valence-corrected chi connectivity index (χ2v) is 7.65. The number of aliphatic imine (C=N–C) groups is 1. The standard InChI is InChI=1S/C18H32N4OS/c1-14(17-7-5-10-24-17)11-21-18(19-4)20-8-6-9-22-12-15(2)23-16(3)13-22/h5,7,10,14-16H,6,8-9,11-13H2,1-4H3,(H2,19,20,21). The maximum atomic E-state index is 5.78. The number of nitrogens with zero attached hydrogens (tertiary/aromatic N) is 2. The van der Waals surface area contributed by atoms with Crippen LogP contribution in [0, 0.1) is 0 Å². The zero-order valence-corrected chi connectivity index (χ0v) is 16.2. The number of hydrogen-bond acceptors (Lipinski definition) is 4. The fraction of sp³-hybridized carbons (Fsp3) is 0.722. The summed E-state index contributed by atoms with van der Waals surface area (Å²) in [5, 5.41) is 8.97. The van der Waals surface area contributed by atoms with Gasteiger partial charge in [-0.05, 0) is 31.7 Å². The molecule has 1 saturated heterocycles. The van der Waals surface area contributed by atoms with Crippen molar-refractivity contribution in [3.05, 3.63) is 22.4 Å². The van der Waals surface area contributed by atoms with Gasteiger partial charge in [0.2, 0.25) is 0 Å². The third-order valence-electron chi connectivity index (χ3n) is 4.27. The van der Waals surface area contributed by atoms with E-state index in [4.69, 9.17) is 4.74 Å². The van der Waals surface area contributed by atoms with E-state index in [1.807, 2.05) is 18.4 Å². The van der Waals surface area contributed by atoms with Crippen LogP contribution in [0.2, 0.25) is 0 Å². The fourth-order valence-corrected chi connectivity index (χ4v) is 3.91. The molecule has 0 amide bonds. The summed E-state index contributed by atoms with van der Waals surface area (Å²) in [5.41, 5.74) is 0. The zero-order chi connectivity index (χ0) is 17.4. The van der Waals surface area contributed by atoms with Crippen molar-refractivity contribution in [3.63, 3.8) is 0 Å². The maximum absolute atomic E-state index is 5.78. The molecule has 1 aliphatic heterocycles. The van der Waals surface area contributed by atoms with Crippen molar-refractivity contribution in [2.45, 2.75) is 45.3 Å². The molecule has 0 bridgehead atoms. The molecule has 24 heavy (non-hydrogen) atoms. The Morgan fingerprint density at radius 3 is 2.75 bits per heavy atom.